The van der Waals surface area contributed by atoms with Gasteiger partial charge < -0.3 is 29.3 Å². The molecule has 2 unspecified atom stereocenters. The Morgan fingerprint density at radius 1 is 1.09 bits per heavy atom. The molecule has 8 nitrogen and oxygen atoms in total. The third-order valence-electron chi connectivity index (χ3n) is 6.63. The van der Waals surface area contributed by atoms with Gasteiger partial charge in [-0.15, -0.1) is 0 Å². The number of hydrogen-bond donors (Lipinski definition) is 2. The Labute approximate surface area is 197 Å². The summed E-state index contributed by atoms with van der Waals surface area (Å²) < 4.78 is 22.3. The van der Waals surface area contributed by atoms with Crippen molar-refractivity contribution in [2.75, 3.05) is 40.6 Å². The number of aryl methyl sites for hydroxylation is 1. The number of hydrogen-bond acceptors (Lipinski definition) is 6. The maximum absolute atomic E-state index is 13.1. The summed E-state index contributed by atoms with van der Waals surface area (Å²) in [5.41, 5.74) is 2.90. The molecule has 0 bridgehead atoms. The van der Waals surface area contributed by atoms with Gasteiger partial charge in [-0.2, -0.15) is 0 Å². The minimum Gasteiger partial charge on any atom is -0.491 e. The van der Waals surface area contributed by atoms with Crippen LogP contribution in [0.5, 0.6) is 5.75 Å². The summed E-state index contributed by atoms with van der Waals surface area (Å²) >= 11 is 0. The van der Waals surface area contributed by atoms with Gasteiger partial charge in [0.25, 0.3) is 11.8 Å². The zero-order valence-corrected chi connectivity index (χ0v) is 19.5. The van der Waals surface area contributed by atoms with E-state index in [2.05, 4.69) is 10.6 Å². The quantitative estimate of drug-likeness (QED) is 0.497. The van der Waals surface area contributed by atoms with Crippen LogP contribution in [0.15, 0.2) is 40.8 Å². The van der Waals surface area contributed by atoms with Gasteiger partial charge in [-0.3, -0.25) is 9.59 Å². The molecule has 2 amide bonds. The van der Waals surface area contributed by atoms with Crippen LogP contribution in [0.25, 0.3) is 22.1 Å². The first-order valence-corrected chi connectivity index (χ1v) is 11.4. The first-order valence-electron chi connectivity index (χ1n) is 11.4. The van der Waals surface area contributed by atoms with Crippen LogP contribution in [-0.4, -0.2) is 58.4 Å². The van der Waals surface area contributed by atoms with Crippen molar-refractivity contribution in [2.45, 2.75) is 13.0 Å². The van der Waals surface area contributed by atoms with E-state index in [9.17, 15) is 9.59 Å². The van der Waals surface area contributed by atoms with Crippen LogP contribution in [0, 0.1) is 18.8 Å². The van der Waals surface area contributed by atoms with Gasteiger partial charge in [0.15, 0.2) is 0 Å². The molecule has 3 aromatic rings. The minimum absolute atomic E-state index is 0.131. The smallest absolute Gasteiger partial charge is 0.254 e. The lowest BCUT2D eigenvalue weighted by atomic mass is 9.98. The Bertz CT molecular complexity index is 1240. The van der Waals surface area contributed by atoms with Crippen LogP contribution in [0.1, 0.15) is 26.5 Å². The van der Waals surface area contributed by atoms with Gasteiger partial charge in [-0.1, -0.05) is 12.1 Å². The molecule has 2 atom stereocenters. The van der Waals surface area contributed by atoms with Crippen molar-refractivity contribution in [3.05, 3.63) is 53.3 Å². The Hall–Kier alpha value is -3.36. The fourth-order valence-electron chi connectivity index (χ4n) is 4.78. The second-order valence-electron chi connectivity index (χ2n) is 8.75. The van der Waals surface area contributed by atoms with Gasteiger partial charge in [0, 0.05) is 48.5 Å². The van der Waals surface area contributed by atoms with E-state index in [1.54, 1.807) is 26.3 Å². The molecule has 2 aromatic carbocycles. The predicted octanol–water partition coefficient (Wildman–Crippen LogP) is 3.17. The highest BCUT2D eigenvalue weighted by molar-refractivity contribution is 6.12. The summed E-state index contributed by atoms with van der Waals surface area (Å²) in [7, 11) is 3.19. The summed E-state index contributed by atoms with van der Waals surface area (Å²) in [6.45, 7) is 4.15. The molecule has 1 saturated carbocycles. The van der Waals surface area contributed by atoms with Gasteiger partial charge in [0.2, 0.25) is 0 Å². The highest BCUT2D eigenvalue weighted by Gasteiger charge is 2.54. The number of amides is 2. The molecule has 0 spiro atoms. The van der Waals surface area contributed by atoms with Crippen molar-refractivity contribution in [1.82, 2.24) is 10.6 Å². The van der Waals surface area contributed by atoms with E-state index in [1.807, 2.05) is 31.2 Å². The van der Waals surface area contributed by atoms with Gasteiger partial charge >= 0.3 is 0 Å². The predicted molar refractivity (Wildman–Crippen MR) is 126 cm³/mol. The van der Waals surface area contributed by atoms with Crippen LogP contribution in [0.2, 0.25) is 0 Å². The second-order valence-corrected chi connectivity index (χ2v) is 8.75. The van der Waals surface area contributed by atoms with Gasteiger partial charge in [-0.05, 0) is 36.8 Å². The standard InChI is InChI=1S/C26H28N2O6/c1-14-22(15-5-4-6-17(9-15)33-8-7-31-3)18-10-16(11-19(24(18)34-14)26(30)27-2)25(29)28-23-20-12-32-13-21(20)23/h4-6,9-11,20-21,23H,7-8,12-13H2,1-3H3,(H,27,30)(H,28,29). The lowest BCUT2D eigenvalue weighted by Crippen LogP contribution is -2.30. The highest BCUT2D eigenvalue weighted by atomic mass is 16.5. The fourth-order valence-corrected chi connectivity index (χ4v) is 4.78. The molecule has 34 heavy (non-hydrogen) atoms. The summed E-state index contributed by atoms with van der Waals surface area (Å²) in [4.78, 5) is 25.8. The molecule has 1 saturated heterocycles. The average Bonchev–Trinajstić information content (AvgIpc) is 3.15. The summed E-state index contributed by atoms with van der Waals surface area (Å²) in [5.74, 6) is 1.62. The number of rotatable bonds is 8. The van der Waals surface area contributed by atoms with Crippen molar-refractivity contribution >= 4 is 22.8 Å². The SMILES string of the molecule is CNC(=O)c1cc(C(=O)NC2C3COCC32)cc2c(-c3cccc(OCCOC)c3)c(C)oc12. The lowest BCUT2D eigenvalue weighted by Gasteiger charge is -2.10. The molecule has 1 aliphatic heterocycles. The largest absolute Gasteiger partial charge is 0.491 e. The Morgan fingerprint density at radius 3 is 2.62 bits per heavy atom. The van der Waals surface area contributed by atoms with Crippen molar-refractivity contribution in [3.63, 3.8) is 0 Å². The highest BCUT2D eigenvalue weighted by Crippen LogP contribution is 2.44. The van der Waals surface area contributed by atoms with Gasteiger partial charge in [-0.25, -0.2) is 0 Å². The van der Waals surface area contributed by atoms with Crippen LogP contribution in [0.3, 0.4) is 0 Å². The summed E-state index contributed by atoms with van der Waals surface area (Å²) in [5, 5.41) is 6.47. The van der Waals surface area contributed by atoms with E-state index in [0.717, 1.165) is 11.1 Å². The fraction of sp³-hybridized carbons (Fsp3) is 0.385. The number of nitrogens with one attached hydrogen (secondary N) is 2. The van der Waals surface area contributed by atoms with Crippen LogP contribution in [0.4, 0.5) is 0 Å². The number of furan rings is 1. The summed E-state index contributed by atoms with van der Waals surface area (Å²) in [6.07, 6.45) is 0. The van der Waals surface area contributed by atoms with E-state index in [1.165, 1.54) is 0 Å². The number of fused-ring (bicyclic) bond motifs is 2. The normalized spacial score (nSPS) is 20.7. The van der Waals surface area contributed by atoms with Crippen molar-refractivity contribution in [1.29, 1.82) is 0 Å². The second kappa shape index (κ2) is 9.12. The van der Waals surface area contributed by atoms with E-state index in [-0.39, 0.29) is 17.9 Å². The zero-order valence-electron chi connectivity index (χ0n) is 19.5. The van der Waals surface area contributed by atoms with Crippen molar-refractivity contribution in [3.8, 4) is 16.9 Å². The van der Waals surface area contributed by atoms with Crippen LogP contribution in [-0.2, 0) is 9.47 Å². The number of benzene rings is 2. The van der Waals surface area contributed by atoms with E-state index in [0.29, 0.717) is 71.9 Å². The molecule has 2 N–H and O–H groups in total. The van der Waals surface area contributed by atoms with Crippen LogP contribution < -0.4 is 15.4 Å². The molecule has 5 rings (SSSR count). The third-order valence-corrected chi connectivity index (χ3v) is 6.63. The Morgan fingerprint density at radius 2 is 1.88 bits per heavy atom. The average molecular weight is 465 g/mol. The number of methoxy groups -OCH3 is 1. The maximum Gasteiger partial charge on any atom is 0.254 e. The molecule has 1 aromatic heterocycles. The number of carbonyl (C=O) groups is 2. The monoisotopic (exact) mass is 464 g/mol. The topological polar surface area (TPSA) is 99.0 Å². The van der Waals surface area contributed by atoms with Crippen LogP contribution >= 0.6 is 0 Å². The first-order chi connectivity index (χ1) is 16.5. The molecular formula is C26H28N2O6. The molecule has 2 fully saturated rings. The Kier molecular flexibility index (Phi) is 6.02. The minimum atomic E-state index is -0.312. The molecule has 0 radical (unpaired) electrons. The first kappa shape index (κ1) is 22.4. The molecule has 178 valence electrons. The van der Waals surface area contributed by atoms with Gasteiger partial charge in [0.1, 0.15) is 23.7 Å². The van der Waals surface area contributed by atoms with Crippen molar-refractivity contribution in [2.24, 2.45) is 11.8 Å². The zero-order chi connectivity index (χ0) is 23.8. The maximum atomic E-state index is 13.1. The number of carbonyl (C=O) groups excluding carboxylic acids is 2. The lowest BCUT2D eigenvalue weighted by molar-refractivity contribution is 0.0929. The molecular weight excluding hydrogens is 436 g/mol. The Balaban J connectivity index is 1.54. The molecule has 2 aliphatic rings. The molecule has 1 aliphatic carbocycles. The van der Waals surface area contributed by atoms with E-state index in [4.69, 9.17) is 18.6 Å². The van der Waals surface area contributed by atoms with E-state index < -0.39 is 0 Å². The van der Waals surface area contributed by atoms with Gasteiger partial charge in [0.05, 0.1) is 25.4 Å². The van der Waals surface area contributed by atoms with Crippen molar-refractivity contribution < 1.29 is 28.2 Å². The molecule has 8 heteroatoms. The summed E-state index contributed by atoms with van der Waals surface area (Å²) in [6, 6.07) is 11.2. The van der Waals surface area contributed by atoms with E-state index >= 15 is 0 Å². The number of ether oxygens (including phenoxy) is 3. The third kappa shape index (κ3) is 4.03. The molecule has 2 heterocycles.